The minimum absolute atomic E-state index is 0.450. The Morgan fingerprint density at radius 3 is 2.44 bits per heavy atom. The molecule has 0 saturated heterocycles. The number of para-hydroxylation sites is 3. The molecule has 2 rings (SSSR count). The molecule has 94 valence electrons. The van der Waals surface area contributed by atoms with Gasteiger partial charge < -0.3 is 15.2 Å². The SMILES string of the molecule is CCOc1ccccc1Oc1c(N)cccc1Cl. The van der Waals surface area contributed by atoms with E-state index in [2.05, 4.69) is 0 Å². The van der Waals surface area contributed by atoms with Crippen LogP contribution < -0.4 is 15.2 Å². The highest BCUT2D eigenvalue weighted by atomic mass is 35.5. The van der Waals surface area contributed by atoms with Crippen molar-refractivity contribution >= 4 is 17.3 Å². The second-order valence-electron chi connectivity index (χ2n) is 3.64. The average molecular weight is 264 g/mol. The van der Waals surface area contributed by atoms with Crippen molar-refractivity contribution in [1.29, 1.82) is 0 Å². The zero-order valence-electron chi connectivity index (χ0n) is 10.0. The van der Waals surface area contributed by atoms with Crippen LogP contribution in [-0.4, -0.2) is 6.61 Å². The van der Waals surface area contributed by atoms with E-state index in [9.17, 15) is 0 Å². The first-order chi connectivity index (χ1) is 8.72. The molecule has 0 fully saturated rings. The maximum atomic E-state index is 6.06. The summed E-state index contributed by atoms with van der Waals surface area (Å²) in [5, 5.41) is 0.473. The summed E-state index contributed by atoms with van der Waals surface area (Å²) < 4.78 is 11.2. The van der Waals surface area contributed by atoms with Crippen LogP contribution in [0.4, 0.5) is 5.69 Å². The third kappa shape index (κ3) is 2.68. The molecule has 2 N–H and O–H groups in total. The van der Waals surface area contributed by atoms with Gasteiger partial charge in [0.2, 0.25) is 0 Å². The number of benzene rings is 2. The average Bonchev–Trinajstić information content (AvgIpc) is 2.36. The standard InChI is InChI=1S/C14H14ClNO2/c1-2-17-12-8-3-4-9-13(12)18-14-10(15)6-5-7-11(14)16/h3-9H,2,16H2,1H3. The quantitative estimate of drug-likeness (QED) is 0.844. The van der Waals surface area contributed by atoms with Crippen LogP contribution in [0, 0.1) is 0 Å². The van der Waals surface area contributed by atoms with E-state index in [4.69, 9.17) is 26.8 Å². The maximum Gasteiger partial charge on any atom is 0.169 e. The highest BCUT2D eigenvalue weighted by Gasteiger charge is 2.10. The minimum Gasteiger partial charge on any atom is -0.490 e. The van der Waals surface area contributed by atoms with Crippen molar-refractivity contribution in [3.8, 4) is 17.2 Å². The van der Waals surface area contributed by atoms with E-state index in [-0.39, 0.29) is 0 Å². The van der Waals surface area contributed by atoms with Crippen molar-refractivity contribution in [2.75, 3.05) is 12.3 Å². The molecular weight excluding hydrogens is 250 g/mol. The number of ether oxygens (including phenoxy) is 2. The van der Waals surface area contributed by atoms with Gasteiger partial charge in [-0.15, -0.1) is 0 Å². The molecule has 0 bridgehead atoms. The zero-order valence-corrected chi connectivity index (χ0v) is 10.8. The monoisotopic (exact) mass is 263 g/mol. The summed E-state index contributed by atoms with van der Waals surface area (Å²) in [5.41, 5.74) is 6.34. The van der Waals surface area contributed by atoms with Crippen LogP contribution in [0.3, 0.4) is 0 Å². The Morgan fingerprint density at radius 2 is 1.78 bits per heavy atom. The lowest BCUT2D eigenvalue weighted by molar-refractivity contribution is 0.321. The zero-order chi connectivity index (χ0) is 13.0. The van der Waals surface area contributed by atoms with E-state index in [0.717, 1.165) is 0 Å². The molecule has 0 aliphatic carbocycles. The molecule has 0 radical (unpaired) electrons. The fourth-order valence-electron chi connectivity index (χ4n) is 1.55. The number of anilines is 1. The van der Waals surface area contributed by atoms with E-state index >= 15 is 0 Å². The van der Waals surface area contributed by atoms with E-state index in [1.54, 1.807) is 18.2 Å². The molecule has 0 unspecified atom stereocenters. The van der Waals surface area contributed by atoms with E-state index in [0.29, 0.717) is 34.6 Å². The molecule has 0 aliphatic heterocycles. The summed E-state index contributed by atoms with van der Waals surface area (Å²) in [5.74, 6) is 1.71. The van der Waals surface area contributed by atoms with Gasteiger partial charge in [0.1, 0.15) is 0 Å². The second-order valence-corrected chi connectivity index (χ2v) is 4.05. The third-order valence-electron chi connectivity index (χ3n) is 2.36. The molecule has 0 saturated carbocycles. The molecular formula is C14H14ClNO2. The predicted molar refractivity (Wildman–Crippen MR) is 73.5 cm³/mol. The molecule has 3 nitrogen and oxygen atoms in total. The Bertz CT molecular complexity index is 523. The lowest BCUT2D eigenvalue weighted by atomic mass is 10.3. The van der Waals surface area contributed by atoms with Crippen LogP contribution in [0.1, 0.15) is 6.92 Å². The maximum absolute atomic E-state index is 6.06. The first-order valence-electron chi connectivity index (χ1n) is 5.66. The fraction of sp³-hybridized carbons (Fsp3) is 0.143. The van der Waals surface area contributed by atoms with Gasteiger partial charge in [-0.2, -0.15) is 0 Å². The largest absolute Gasteiger partial charge is 0.490 e. The van der Waals surface area contributed by atoms with Crippen LogP contribution in [0.15, 0.2) is 42.5 Å². The number of rotatable bonds is 4. The van der Waals surface area contributed by atoms with Crippen LogP contribution in [-0.2, 0) is 0 Å². The van der Waals surface area contributed by atoms with Crippen LogP contribution in [0.5, 0.6) is 17.2 Å². The van der Waals surface area contributed by atoms with Gasteiger partial charge >= 0.3 is 0 Å². The number of halogens is 1. The topological polar surface area (TPSA) is 44.5 Å². The van der Waals surface area contributed by atoms with Gasteiger partial charge in [-0.05, 0) is 31.2 Å². The lowest BCUT2D eigenvalue weighted by Gasteiger charge is -2.13. The van der Waals surface area contributed by atoms with Crippen molar-refractivity contribution in [1.82, 2.24) is 0 Å². The second kappa shape index (κ2) is 5.65. The fourth-order valence-corrected chi connectivity index (χ4v) is 1.77. The summed E-state index contributed by atoms with van der Waals surface area (Å²) in [7, 11) is 0. The van der Waals surface area contributed by atoms with Gasteiger partial charge in [0.25, 0.3) is 0 Å². The molecule has 0 amide bonds. The molecule has 4 heteroatoms. The van der Waals surface area contributed by atoms with E-state index < -0.39 is 0 Å². The van der Waals surface area contributed by atoms with Gasteiger partial charge in [-0.25, -0.2) is 0 Å². The Hall–Kier alpha value is -1.87. The Kier molecular flexibility index (Phi) is 3.95. The van der Waals surface area contributed by atoms with E-state index in [1.807, 2.05) is 31.2 Å². The van der Waals surface area contributed by atoms with Crippen LogP contribution >= 0.6 is 11.6 Å². The van der Waals surface area contributed by atoms with Crippen molar-refractivity contribution < 1.29 is 9.47 Å². The number of hydrogen-bond acceptors (Lipinski definition) is 3. The molecule has 18 heavy (non-hydrogen) atoms. The summed E-state index contributed by atoms with van der Waals surface area (Å²) in [4.78, 5) is 0. The molecule has 2 aromatic rings. The van der Waals surface area contributed by atoms with Gasteiger partial charge in [0.15, 0.2) is 17.2 Å². The number of hydrogen-bond donors (Lipinski definition) is 1. The minimum atomic E-state index is 0.450. The smallest absolute Gasteiger partial charge is 0.169 e. The Morgan fingerprint density at radius 1 is 1.06 bits per heavy atom. The molecule has 2 aromatic carbocycles. The van der Waals surface area contributed by atoms with Gasteiger partial charge in [0.05, 0.1) is 17.3 Å². The van der Waals surface area contributed by atoms with Crippen molar-refractivity contribution in [3.05, 3.63) is 47.5 Å². The number of nitrogens with two attached hydrogens (primary N) is 1. The van der Waals surface area contributed by atoms with Crippen molar-refractivity contribution in [3.63, 3.8) is 0 Å². The summed E-state index contributed by atoms with van der Waals surface area (Å²) in [6.45, 7) is 2.49. The third-order valence-corrected chi connectivity index (χ3v) is 2.66. The van der Waals surface area contributed by atoms with Gasteiger partial charge in [-0.3, -0.25) is 0 Å². The first kappa shape index (κ1) is 12.6. The van der Waals surface area contributed by atoms with Gasteiger partial charge in [0, 0.05) is 0 Å². The van der Waals surface area contributed by atoms with Crippen molar-refractivity contribution in [2.45, 2.75) is 6.92 Å². The first-order valence-corrected chi connectivity index (χ1v) is 6.04. The summed E-state index contributed by atoms with van der Waals surface area (Å²) >= 11 is 6.06. The summed E-state index contributed by atoms with van der Waals surface area (Å²) in [6.07, 6.45) is 0. The van der Waals surface area contributed by atoms with Crippen LogP contribution in [0.25, 0.3) is 0 Å². The predicted octanol–water partition coefficient (Wildman–Crippen LogP) is 4.11. The molecule has 0 aliphatic rings. The highest BCUT2D eigenvalue weighted by Crippen LogP contribution is 2.38. The van der Waals surface area contributed by atoms with Gasteiger partial charge in [-0.1, -0.05) is 29.8 Å². The highest BCUT2D eigenvalue weighted by molar-refractivity contribution is 6.32. The molecule has 0 aromatic heterocycles. The molecule has 0 heterocycles. The number of nitrogen functional groups attached to an aromatic ring is 1. The molecule has 0 spiro atoms. The van der Waals surface area contributed by atoms with Crippen LogP contribution in [0.2, 0.25) is 5.02 Å². The normalized spacial score (nSPS) is 10.1. The van der Waals surface area contributed by atoms with Crippen molar-refractivity contribution in [2.24, 2.45) is 0 Å². The Labute approximate surface area is 111 Å². The molecule has 0 atom stereocenters. The lowest BCUT2D eigenvalue weighted by Crippen LogP contribution is -1.97. The van der Waals surface area contributed by atoms with E-state index in [1.165, 1.54) is 0 Å². The Balaban J connectivity index is 2.34. The summed E-state index contributed by atoms with van der Waals surface area (Å²) in [6, 6.07) is 12.7.